The second-order valence-electron chi connectivity index (χ2n) is 4.04. The van der Waals surface area contributed by atoms with E-state index in [1.807, 2.05) is 6.92 Å². The molecule has 0 radical (unpaired) electrons. The predicted molar refractivity (Wildman–Crippen MR) is 71.7 cm³/mol. The smallest absolute Gasteiger partial charge is 0.340 e. The predicted octanol–water partition coefficient (Wildman–Crippen LogP) is 1.40. The number of rotatable bonds is 6. The first-order valence-electron chi connectivity index (χ1n) is 6.08. The van der Waals surface area contributed by atoms with Crippen molar-refractivity contribution in [2.75, 3.05) is 37.4 Å². The molecule has 0 aromatic heterocycles. The van der Waals surface area contributed by atoms with Crippen LogP contribution in [0, 0.1) is 5.82 Å². The molecule has 19 heavy (non-hydrogen) atoms. The molecular weight excluding hydrogens is 251 g/mol. The monoisotopic (exact) mass is 270 g/mol. The van der Waals surface area contributed by atoms with Crippen LogP contribution in [0.4, 0.5) is 15.8 Å². The molecule has 0 amide bonds. The minimum Gasteiger partial charge on any atom is -0.465 e. The Morgan fingerprint density at radius 1 is 1.53 bits per heavy atom. The molecule has 1 rings (SSSR count). The van der Waals surface area contributed by atoms with E-state index in [4.69, 9.17) is 10.8 Å². The lowest BCUT2D eigenvalue weighted by molar-refractivity contribution is 0.0602. The van der Waals surface area contributed by atoms with Crippen molar-refractivity contribution in [2.45, 2.75) is 13.3 Å². The van der Waals surface area contributed by atoms with Gasteiger partial charge in [0.1, 0.15) is 5.82 Å². The lowest BCUT2D eigenvalue weighted by Crippen LogP contribution is -2.26. The fourth-order valence-corrected chi connectivity index (χ4v) is 1.82. The van der Waals surface area contributed by atoms with Crippen molar-refractivity contribution in [3.8, 4) is 0 Å². The maximum absolute atomic E-state index is 13.9. The highest BCUT2D eigenvalue weighted by molar-refractivity contribution is 5.96. The summed E-state index contributed by atoms with van der Waals surface area (Å²) in [7, 11) is 1.24. The van der Waals surface area contributed by atoms with Gasteiger partial charge in [-0.1, -0.05) is 0 Å². The van der Waals surface area contributed by atoms with Crippen molar-refractivity contribution >= 4 is 17.3 Å². The average Bonchev–Trinajstić information content (AvgIpc) is 2.40. The largest absolute Gasteiger partial charge is 0.465 e. The maximum Gasteiger partial charge on any atom is 0.340 e. The molecule has 5 nitrogen and oxygen atoms in total. The molecule has 0 saturated carbocycles. The van der Waals surface area contributed by atoms with E-state index in [2.05, 4.69) is 4.74 Å². The number of aliphatic hydroxyl groups is 1. The zero-order valence-corrected chi connectivity index (χ0v) is 11.1. The number of anilines is 2. The number of ether oxygens (including phenoxy) is 1. The molecule has 0 fully saturated rings. The molecule has 0 spiro atoms. The van der Waals surface area contributed by atoms with Crippen LogP contribution in [0.3, 0.4) is 0 Å². The van der Waals surface area contributed by atoms with Crippen LogP contribution in [0.1, 0.15) is 23.7 Å². The van der Waals surface area contributed by atoms with E-state index in [0.717, 1.165) is 6.07 Å². The number of aliphatic hydroxyl groups excluding tert-OH is 1. The van der Waals surface area contributed by atoms with Crippen molar-refractivity contribution in [3.05, 3.63) is 23.5 Å². The van der Waals surface area contributed by atoms with Crippen LogP contribution < -0.4 is 10.6 Å². The summed E-state index contributed by atoms with van der Waals surface area (Å²) in [5.41, 5.74) is 6.08. The molecule has 6 heteroatoms. The second kappa shape index (κ2) is 6.94. The minimum atomic E-state index is -0.600. The summed E-state index contributed by atoms with van der Waals surface area (Å²) in [5.74, 6) is -1.10. The lowest BCUT2D eigenvalue weighted by atomic mass is 10.1. The first-order valence-corrected chi connectivity index (χ1v) is 6.08. The molecule has 0 atom stereocenters. The number of esters is 1. The van der Waals surface area contributed by atoms with E-state index in [-0.39, 0.29) is 23.5 Å². The van der Waals surface area contributed by atoms with Gasteiger partial charge in [0.15, 0.2) is 0 Å². The van der Waals surface area contributed by atoms with Crippen molar-refractivity contribution in [1.29, 1.82) is 0 Å². The first kappa shape index (κ1) is 15.2. The van der Waals surface area contributed by atoms with Crippen LogP contribution in [0.25, 0.3) is 0 Å². The van der Waals surface area contributed by atoms with Crippen LogP contribution in [-0.4, -0.2) is 37.9 Å². The van der Waals surface area contributed by atoms with E-state index < -0.39 is 11.8 Å². The number of carbonyl (C=O) groups excluding carboxylic acids is 1. The third-order valence-corrected chi connectivity index (χ3v) is 2.83. The van der Waals surface area contributed by atoms with E-state index >= 15 is 0 Å². The number of halogens is 1. The van der Waals surface area contributed by atoms with Gasteiger partial charge in [0.05, 0.1) is 18.4 Å². The molecular formula is C13H19FN2O3. The van der Waals surface area contributed by atoms with Gasteiger partial charge in [-0.3, -0.25) is 0 Å². The average molecular weight is 270 g/mol. The normalized spacial score (nSPS) is 10.3. The van der Waals surface area contributed by atoms with Crippen LogP contribution in [-0.2, 0) is 4.74 Å². The molecule has 1 aromatic rings. The SMILES string of the molecule is CCN(CCCO)c1cc(C(=O)OC)c(N)cc1F. The lowest BCUT2D eigenvalue weighted by Gasteiger charge is -2.24. The Balaban J connectivity index is 3.14. The molecule has 0 heterocycles. The van der Waals surface area contributed by atoms with Crippen molar-refractivity contribution in [3.63, 3.8) is 0 Å². The Labute approximate surface area is 111 Å². The van der Waals surface area contributed by atoms with Crippen molar-refractivity contribution in [1.82, 2.24) is 0 Å². The quantitative estimate of drug-likeness (QED) is 0.603. The van der Waals surface area contributed by atoms with E-state index in [0.29, 0.717) is 19.5 Å². The molecule has 3 N–H and O–H groups in total. The van der Waals surface area contributed by atoms with E-state index in [1.165, 1.54) is 13.2 Å². The molecule has 0 saturated heterocycles. The summed E-state index contributed by atoms with van der Waals surface area (Å²) < 4.78 is 18.5. The highest BCUT2D eigenvalue weighted by Gasteiger charge is 2.17. The third kappa shape index (κ3) is 3.57. The molecule has 1 aromatic carbocycles. The number of carbonyl (C=O) groups is 1. The number of nitrogens with two attached hydrogens (primary N) is 1. The Morgan fingerprint density at radius 3 is 2.74 bits per heavy atom. The Morgan fingerprint density at radius 2 is 2.21 bits per heavy atom. The van der Waals surface area contributed by atoms with Gasteiger partial charge in [-0.25, -0.2) is 9.18 Å². The number of methoxy groups -OCH3 is 1. The van der Waals surface area contributed by atoms with Gasteiger partial charge in [-0.2, -0.15) is 0 Å². The maximum atomic E-state index is 13.9. The van der Waals surface area contributed by atoms with Crippen molar-refractivity contribution in [2.24, 2.45) is 0 Å². The fourth-order valence-electron chi connectivity index (χ4n) is 1.82. The number of nitrogen functional groups attached to an aromatic ring is 1. The Hall–Kier alpha value is -1.82. The first-order chi connectivity index (χ1) is 9.04. The van der Waals surface area contributed by atoms with Gasteiger partial charge in [0, 0.05) is 25.4 Å². The summed E-state index contributed by atoms with van der Waals surface area (Å²) in [6, 6.07) is 2.50. The highest BCUT2D eigenvalue weighted by Crippen LogP contribution is 2.26. The minimum absolute atomic E-state index is 0.0248. The standard InChI is InChI=1S/C13H19FN2O3/c1-3-16(5-4-6-17)12-7-9(13(18)19-2)11(15)8-10(12)14/h7-8,17H,3-6,15H2,1-2H3. The van der Waals surface area contributed by atoms with Crippen LogP contribution in [0.15, 0.2) is 12.1 Å². The van der Waals surface area contributed by atoms with Crippen molar-refractivity contribution < 1.29 is 19.0 Å². The van der Waals surface area contributed by atoms with Gasteiger partial charge in [0.2, 0.25) is 0 Å². The van der Waals surface area contributed by atoms with Crippen LogP contribution >= 0.6 is 0 Å². The van der Waals surface area contributed by atoms with Gasteiger partial charge in [-0.05, 0) is 25.5 Å². The summed E-state index contributed by atoms with van der Waals surface area (Å²) in [6.07, 6.45) is 0.519. The number of hydrogen-bond donors (Lipinski definition) is 2. The zero-order valence-electron chi connectivity index (χ0n) is 11.1. The summed E-state index contributed by atoms with van der Waals surface area (Å²) in [6.45, 7) is 2.94. The second-order valence-corrected chi connectivity index (χ2v) is 4.04. The molecule has 106 valence electrons. The molecule has 0 aliphatic heterocycles. The molecule has 0 bridgehead atoms. The molecule has 0 aliphatic rings. The molecule has 0 unspecified atom stereocenters. The van der Waals surface area contributed by atoms with Gasteiger partial charge in [-0.15, -0.1) is 0 Å². The Kier molecular flexibility index (Phi) is 5.57. The third-order valence-electron chi connectivity index (χ3n) is 2.83. The topological polar surface area (TPSA) is 75.8 Å². The van der Waals surface area contributed by atoms with Gasteiger partial charge < -0.3 is 20.5 Å². The summed E-state index contributed by atoms with van der Waals surface area (Å²) in [4.78, 5) is 13.3. The Bertz CT molecular complexity index is 452. The van der Waals surface area contributed by atoms with Gasteiger partial charge in [0.25, 0.3) is 0 Å². The number of benzene rings is 1. The fraction of sp³-hybridized carbons (Fsp3) is 0.462. The molecule has 0 aliphatic carbocycles. The van der Waals surface area contributed by atoms with E-state index in [9.17, 15) is 9.18 Å². The summed E-state index contributed by atoms with van der Waals surface area (Å²) in [5, 5.41) is 8.84. The summed E-state index contributed by atoms with van der Waals surface area (Å²) >= 11 is 0. The van der Waals surface area contributed by atoms with Gasteiger partial charge >= 0.3 is 5.97 Å². The number of nitrogens with zero attached hydrogens (tertiary/aromatic N) is 1. The number of hydrogen-bond acceptors (Lipinski definition) is 5. The zero-order chi connectivity index (χ0) is 14.4. The van der Waals surface area contributed by atoms with E-state index in [1.54, 1.807) is 4.90 Å². The van der Waals surface area contributed by atoms with Crippen LogP contribution in [0.2, 0.25) is 0 Å². The highest BCUT2D eigenvalue weighted by atomic mass is 19.1. The van der Waals surface area contributed by atoms with Crippen LogP contribution in [0.5, 0.6) is 0 Å².